The quantitative estimate of drug-likeness (QED) is 0.680. The summed E-state index contributed by atoms with van der Waals surface area (Å²) in [6, 6.07) is 7.66. The number of carbonyl (C=O) groups is 1. The molecule has 0 radical (unpaired) electrons. The number of amides is 1. The zero-order valence-electron chi connectivity index (χ0n) is 14.1. The van der Waals surface area contributed by atoms with E-state index in [2.05, 4.69) is 16.4 Å². The standard InChI is InChI=1S/C19H20N4OS/c1-11-6-5-9-15(21-11)23-18(24)17-16(20)13-10-12-7-3-2-4-8-14(12)22-19(13)25-17/h5-6,9-10H,2-4,7-8,20H2,1H3,(H,21,23,24). The summed E-state index contributed by atoms with van der Waals surface area (Å²) in [7, 11) is 0. The largest absolute Gasteiger partial charge is 0.397 e. The smallest absolute Gasteiger partial charge is 0.269 e. The molecule has 3 N–H and O–H groups in total. The number of aromatic nitrogens is 2. The van der Waals surface area contributed by atoms with E-state index in [9.17, 15) is 4.79 Å². The summed E-state index contributed by atoms with van der Waals surface area (Å²) in [6.07, 6.45) is 5.67. The molecule has 3 heterocycles. The van der Waals surface area contributed by atoms with Crippen molar-refractivity contribution in [2.24, 2.45) is 0 Å². The van der Waals surface area contributed by atoms with E-state index in [-0.39, 0.29) is 5.91 Å². The van der Waals surface area contributed by atoms with Gasteiger partial charge in [0.15, 0.2) is 0 Å². The third kappa shape index (κ3) is 3.09. The van der Waals surface area contributed by atoms with Gasteiger partial charge in [-0.1, -0.05) is 12.5 Å². The number of nitrogens with one attached hydrogen (secondary N) is 1. The van der Waals surface area contributed by atoms with Crippen LogP contribution < -0.4 is 11.1 Å². The van der Waals surface area contributed by atoms with Gasteiger partial charge in [-0.25, -0.2) is 9.97 Å². The fourth-order valence-corrected chi connectivity index (χ4v) is 4.28. The summed E-state index contributed by atoms with van der Waals surface area (Å²) in [5, 5.41) is 3.73. The van der Waals surface area contributed by atoms with Crippen LogP contribution in [0, 0.1) is 6.92 Å². The number of thiophene rings is 1. The van der Waals surface area contributed by atoms with E-state index < -0.39 is 0 Å². The first-order chi connectivity index (χ1) is 12.1. The molecular weight excluding hydrogens is 332 g/mol. The van der Waals surface area contributed by atoms with Gasteiger partial charge < -0.3 is 11.1 Å². The molecule has 1 amide bonds. The number of rotatable bonds is 2. The van der Waals surface area contributed by atoms with Crippen molar-refractivity contribution in [2.75, 3.05) is 11.1 Å². The molecule has 0 saturated heterocycles. The van der Waals surface area contributed by atoms with Gasteiger partial charge in [0.05, 0.1) is 5.69 Å². The summed E-state index contributed by atoms with van der Waals surface area (Å²) >= 11 is 1.36. The van der Waals surface area contributed by atoms with Crippen LogP contribution in [0.4, 0.5) is 11.5 Å². The molecule has 0 saturated carbocycles. The normalized spacial score (nSPS) is 14.1. The number of hydrogen-bond donors (Lipinski definition) is 2. The molecule has 0 atom stereocenters. The van der Waals surface area contributed by atoms with E-state index in [1.165, 1.54) is 41.9 Å². The summed E-state index contributed by atoms with van der Waals surface area (Å²) < 4.78 is 0. The van der Waals surface area contributed by atoms with Crippen molar-refractivity contribution >= 4 is 39.0 Å². The van der Waals surface area contributed by atoms with Crippen molar-refractivity contribution in [1.29, 1.82) is 0 Å². The predicted molar refractivity (Wildman–Crippen MR) is 102 cm³/mol. The van der Waals surface area contributed by atoms with Crippen LogP contribution in [0.25, 0.3) is 10.2 Å². The van der Waals surface area contributed by atoms with E-state index >= 15 is 0 Å². The van der Waals surface area contributed by atoms with Crippen molar-refractivity contribution in [3.05, 3.63) is 46.1 Å². The molecule has 1 aliphatic rings. The second-order valence-corrected chi connectivity index (χ2v) is 7.47. The molecule has 0 spiro atoms. The van der Waals surface area contributed by atoms with Crippen LogP contribution >= 0.6 is 11.3 Å². The minimum absolute atomic E-state index is 0.228. The number of nitrogen functional groups attached to an aromatic ring is 1. The Morgan fingerprint density at radius 3 is 2.88 bits per heavy atom. The number of anilines is 2. The van der Waals surface area contributed by atoms with Crippen LogP contribution in [-0.4, -0.2) is 15.9 Å². The maximum atomic E-state index is 12.6. The second-order valence-electron chi connectivity index (χ2n) is 6.47. The SMILES string of the molecule is Cc1cccc(NC(=O)c2sc3nc4c(cc3c2N)CCCCC4)n1. The highest BCUT2D eigenvalue weighted by atomic mass is 32.1. The van der Waals surface area contributed by atoms with Gasteiger partial charge in [-0.15, -0.1) is 11.3 Å². The molecule has 4 rings (SSSR count). The van der Waals surface area contributed by atoms with Crippen molar-refractivity contribution in [3.63, 3.8) is 0 Å². The minimum atomic E-state index is -0.228. The summed E-state index contributed by atoms with van der Waals surface area (Å²) in [4.78, 5) is 23.1. The van der Waals surface area contributed by atoms with Gasteiger partial charge in [-0.05, 0) is 56.4 Å². The van der Waals surface area contributed by atoms with Crippen molar-refractivity contribution in [1.82, 2.24) is 9.97 Å². The Balaban J connectivity index is 1.70. The van der Waals surface area contributed by atoms with Crippen LogP contribution in [0.2, 0.25) is 0 Å². The first-order valence-corrected chi connectivity index (χ1v) is 9.39. The number of fused-ring (bicyclic) bond motifs is 2. The van der Waals surface area contributed by atoms with Crippen LogP contribution in [0.3, 0.4) is 0 Å². The zero-order valence-corrected chi connectivity index (χ0v) is 14.9. The van der Waals surface area contributed by atoms with Crippen LogP contribution in [-0.2, 0) is 12.8 Å². The lowest BCUT2D eigenvalue weighted by atomic mass is 10.1. The second kappa shape index (κ2) is 6.44. The number of nitrogens with two attached hydrogens (primary N) is 1. The number of carbonyl (C=O) groups excluding carboxylic acids is 1. The van der Waals surface area contributed by atoms with Crippen molar-refractivity contribution < 1.29 is 4.79 Å². The molecule has 0 aromatic carbocycles. The number of aryl methyl sites for hydroxylation is 3. The summed E-state index contributed by atoms with van der Waals surface area (Å²) in [5.41, 5.74) is 10.1. The van der Waals surface area contributed by atoms with Gasteiger partial charge in [0, 0.05) is 16.8 Å². The van der Waals surface area contributed by atoms with E-state index in [0.29, 0.717) is 16.4 Å². The molecule has 3 aromatic heterocycles. The van der Waals surface area contributed by atoms with Gasteiger partial charge in [-0.2, -0.15) is 0 Å². The average molecular weight is 352 g/mol. The van der Waals surface area contributed by atoms with Gasteiger partial charge in [-0.3, -0.25) is 4.79 Å². The highest BCUT2D eigenvalue weighted by Crippen LogP contribution is 2.35. The van der Waals surface area contributed by atoms with Gasteiger partial charge in [0.2, 0.25) is 0 Å². The number of hydrogen-bond acceptors (Lipinski definition) is 5. The van der Waals surface area contributed by atoms with Gasteiger partial charge in [0.1, 0.15) is 15.5 Å². The first-order valence-electron chi connectivity index (χ1n) is 8.57. The highest BCUT2D eigenvalue weighted by Gasteiger charge is 2.20. The Hall–Kier alpha value is -2.47. The van der Waals surface area contributed by atoms with Crippen LogP contribution in [0.5, 0.6) is 0 Å². The monoisotopic (exact) mass is 352 g/mol. The highest BCUT2D eigenvalue weighted by molar-refractivity contribution is 7.21. The lowest BCUT2D eigenvalue weighted by molar-refractivity contribution is 0.103. The predicted octanol–water partition coefficient (Wildman–Crippen LogP) is 4.10. The summed E-state index contributed by atoms with van der Waals surface area (Å²) in [5.74, 6) is 0.305. The third-order valence-electron chi connectivity index (χ3n) is 4.59. The van der Waals surface area contributed by atoms with E-state index in [4.69, 9.17) is 10.7 Å². The lowest BCUT2D eigenvalue weighted by Gasteiger charge is -2.05. The van der Waals surface area contributed by atoms with Crippen molar-refractivity contribution in [3.8, 4) is 0 Å². The molecule has 1 aliphatic carbocycles. The molecule has 0 unspecified atom stereocenters. The molecule has 25 heavy (non-hydrogen) atoms. The van der Waals surface area contributed by atoms with E-state index in [0.717, 1.165) is 28.8 Å². The van der Waals surface area contributed by atoms with Crippen molar-refractivity contribution in [2.45, 2.75) is 39.0 Å². The number of pyridine rings is 2. The van der Waals surface area contributed by atoms with Crippen LogP contribution in [0.1, 0.15) is 45.9 Å². The Morgan fingerprint density at radius 2 is 2.04 bits per heavy atom. The first kappa shape index (κ1) is 16.0. The van der Waals surface area contributed by atoms with Crippen LogP contribution in [0.15, 0.2) is 24.3 Å². The summed E-state index contributed by atoms with van der Waals surface area (Å²) in [6.45, 7) is 1.89. The Labute approximate surface area is 150 Å². The topological polar surface area (TPSA) is 80.9 Å². The average Bonchev–Trinajstić information content (AvgIpc) is 2.76. The number of nitrogens with zero attached hydrogens (tertiary/aromatic N) is 2. The Bertz CT molecular complexity index is 963. The molecule has 0 fully saturated rings. The minimum Gasteiger partial charge on any atom is -0.397 e. The Morgan fingerprint density at radius 1 is 1.20 bits per heavy atom. The molecule has 0 bridgehead atoms. The fourth-order valence-electron chi connectivity index (χ4n) is 3.29. The molecule has 3 aromatic rings. The van der Waals surface area contributed by atoms with Gasteiger partial charge in [0.25, 0.3) is 5.91 Å². The maximum Gasteiger partial charge on any atom is 0.269 e. The Kier molecular flexibility index (Phi) is 4.13. The lowest BCUT2D eigenvalue weighted by Crippen LogP contribution is -2.13. The van der Waals surface area contributed by atoms with E-state index in [1.807, 2.05) is 19.1 Å². The molecule has 6 heteroatoms. The fraction of sp³-hybridized carbons (Fsp3) is 0.316. The zero-order chi connectivity index (χ0) is 17.4. The maximum absolute atomic E-state index is 12.6. The molecule has 128 valence electrons. The molecule has 5 nitrogen and oxygen atoms in total. The van der Waals surface area contributed by atoms with Gasteiger partial charge >= 0.3 is 0 Å². The van der Waals surface area contributed by atoms with E-state index in [1.54, 1.807) is 6.07 Å². The third-order valence-corrected chi connectivity index (χ3v) is 5.70. The molecular formula is C19H20N4OS. The molecule has 0 aliphatic heterocycles.